The number of rotatable bonds is 5. The molecule has 2 N–H and O–H groups in total. The lowest BCUT2D eigenvalue weighted by Crippen LogP contribution is -2.46. The number of benzene rings is 1. The van der Waals surface area contributed by atoms with Gasteiger partial charge in [0.25, 0.3) is 0 Å². The molecule has 114 valence electrons. The Labute approximate surface area is 129 Å². The molecule has 0 unspecified atom stereocenters. The molecule has 1 fully saturated rings. The van der Waals surface area contributed by atoms with Gasteiger partial charge in [0.1, 0.15) is 4.90 Å². The van der Waals surface area contributed by atoms with Gasteiger partial charge in [0.2, 0.25) is 10.0 Å². The Kier molecular flexibility index (Phi) is 5.56. The summed E-state index contributed by atoms with van der Waals surface area (Å²) in [6.45, 7) is 4.68. The van der Waals surface area contributed by atoms with Crippen LogP contribution in [-0.2, 0) is 10.0 Å². The fourth-order valence-corrected chi connectivity index (χ4v) is 3.70. The van der Waals surface area contributed by atoms with Crippen molar-refractivity contribution in [1.82, 2.24) is 14.9 Å². The van der Waals surface area contributed by atoms with Gasteiger partial charge in [-0.1, -0.05) is 11.6 Å². The molecule has 1 heterocycles. The number of hydrogen-bond acceptors (Lipinski definition) is 5. The van der Waals surface area contributed by atoms with Crippen LogP contribution < -0.4 is 10.0 Å². The second-order valence-corrected chi connectivity index (χ2v) is 6.89. The molecule has 0 amide bonds. The van der Waals surface area contributed by atoms with Crippen molar-refractivity contribution < 1.29 is 8.42 Å². The second kappa shape index (κ2) is 7.20. The number of nitriles is 1. The molecule has 0 saturated carbocycles. The van der Waals surface area contributed by atoms with E-state index in [0.717, 1.165) is 26.2 Å². The summed E-state index contributed by atoms with van der Waals surface area (Å²) in [5, 5.41) is 12.1. The Bertz CT molecular complexity index is 636. The summed E-state index contributed by atoms with van der Waals surface area (Å²) in [7, 11) is -3.65. The van der Waals surface area contributed by atoms with Crippen LogP contribution in [0.4, 0.5) is 0 Å². The summed E-state index contributed by atoms with van der Waals surface area (Å²) in [6, 6.07) is 6.07. The zero-order chi connectivity index (χ0) is 15.3. The first-order valence-corrected chi connectivity index (χ1v) is 8.51. The first-order valence-electron chi connectivity index (χ1n) is 6.65. The average molecular weight is 329 g/mol. The van der Waals surface area contributed by atoms with Crippen molar-refractivity contribution >= 4 is 21.6 Å². The van der Waals surface area contributed by atoms with Crippen LogP contribution in [0.2, 0.25) is 5.02 Å². The van der Waals surface area contributed by atoms with Crippen molar-refractivity contribution in [3.8, 4) is 6.07 Å². The zero-order valence-corrected chi connectivity index (χ0v) is 13.0. The van der Waals surface area contributed by atoms with Gasteiger partial charge in [-0.15, -0.1) is 0 Å². The summed E-state index contributed by atoms with van der Waals surface area (Å²) in [6.07, 6.45) is 0. The van der Waals surface area contributed by atoms with Crippen LogP contribution >= 0.6 is 11.6 Å². The third-order valence-corrected chi connectivity index (χ3v) is 5.22. The van der Waals surface area contributed by atoms with E-state index in [1.807, 2.05) is 6.07 Å². The molecule has 0 bridgehead atoms. The molecule has 0 atom stereocenters. The fraction of sp³-hybridized carbons (Fsp3) is 0.462. The third-order valence-electron chi connectivity index (χ3n) is 3.28. The predicted octanol–water partition coefficient (Wildman–Crippen LogP) is 0.395. The van der Waals surface area contributed by atoms with E-state index in [1.54, 1.807) is 0 Å². The number of sulfonamides is 1. The number of halogens is 1. The smallest absolute Gasteiger partial charge is 0.242 e. The Hall–Kier alpha value is -1.17. The topological polar surface area (TPSA) is 85.2 Å². The van der Waals surface area contributed by atoms with Gasteiger partial charge in [-0.2, -0.15) is 5.26 Å². The van der Waals surface area contributed by atoms with Gasteiger partial charge in [-0.3, -0.25) is 4.90 Å². The molecule has 1 aromatic rings. The Morgan fingerprint density at radius 1 is 1.38 bits per heavy atom. The monoisotopic (exact) mass is 328 g/mol. The number of piperazine rings is 1. The van der Waals surface area contributed by atoms with E-state index in [0.29, 0.717) is 18.7 Å². The van der Waals surface area contributed by atoms with E-state index in [1.165, 1.54) is 18.2 Å². The van der Waals surface area contributed by atoms with Gasteiger partial charge in [-0.25, -0.2) is 13.1 Å². The quantitative estimate of drug-likeness (QED) is 0.817. The molecule has 21 heavy (non-hydrogen) atoms. The van der Waals surface area contributed by atoms with Crippen molar-refractivity contribution in [3.05, 3.63) is 28.8 Å². The molecule has 8 heteroatoms. The lowest BCUT2D eigenvalue weighted by Gasteiger charge is -2.27. The van der Waals surface area contributed by atoms with Gasteiger partial charge in [0, 0.05) is 39.3 Å². The molecule has 1 aliphatic rings. The van der Waals surface area contributed by atoms with Crippen molar-refractivity contribution in [2.75, 3.05) is 39.3 Å². The van der Waals surface area contributed by atoms with Crippen LogP contribution in [0.15, 0.2) is 23.1 Å². The highest BCUT2D eigenvalue weighted by atomic mass is 35.5. The first-order chi connectivity index (χ1) is 10.0. The van der Waals surface area contributed by atoms with Gasteiger partial charge < -0.3 is 5.32 Å². The van der Waals surface area contributed by atoms with Crippen LogP contribution in [0.5, 0.6) is 0 Å². The van der Waals surface area contributed by atoms with Gasteiger partial charge in [0.05, 0.1) is 16.7 Å². The summed E-state index contributed by atoms with van der Waals surface area (Å²) in [4.78, 5) is 2.20. The molecule has 6 nitrogen and oxygen atoms in total. The average Bonchev–Trinajstić information content (AvgIpc) is 2.47. The molecule has 1 saturated heterocycles. The van der Waals surface area contributed by atoms with Crippen molar-refractivity contribution in [3.63, 3.8) is 0 Å². The van der Waals surface area contributed by atoms with E-state index in [4.69, 9.17) is 16.9 Å². The Morgan fingerprint density at radius 2 is 2.10 bits per heavy atom. The molecule has 1 aromatic carbocycles. The van der Waals surface area contributed by atoms with E-state index >= 15 is 0 Å². The van der Waals surface area contributed by atoms with Crippen LogP contribution in [-0.4, -0.2) is 52.6 Å². The molecule has 0 radical (unpaired) electrons. The summed E-state index contributed by atoms with van der Waals surface area (Å²) in [5.74, 6) is 0. The number of hydrogen-bond donors (Lipinski definition) is 2. The maximum absolute atomic E-state index is 12.2. The summed E-state index contributed by atoms with van der Waals surface area (Å²) >= 11 is 5.93. The SMILES string of the molecule is N#Cc1ccc(S(=O)(=O)NCCN2CCNCC2)c(Cl)c1. The van der Waals surface area contributed by atoms with Gasteiger partial charge in [-0.05, 0) is 18.2 Å². The van der Waals surface area contributed by atoms with E-state index in [-0.39, 0.29) is 9.92 Å². The second-order valence-electron chi connectivity index (χ2n) is 4.75. The molecule has 2 rings (SSSR count). The minimum absolute atomic E-state index is 0.00322. The van der Waals surface area contributed by atoms with Crippen molar-refractivity contribution in [2.24, 2.45) is 0 Å². The van der Waals surface area contributed by atoms with Crippen LogP contribution in [0.3, 0.4) is 0 Å². The van der Waals surface area contributed by atoms with E-state index in [2.05, 4.69) is 14.9 Å². The Morgan fingerprint density at radius 3 is 2.71 bits per heavy atom. The first kappa shape index (κ1) is 16.2. The maximum atomic E-state index is 12.2. The van der Waals surface area contributed by atoms with Crippen LogP contribution in [0, 0.1) is 11.3 Å². The maximum Gasteiger partial charge on any atom is 0.242 e. The molecule has 0 aromatic heterocycles. The predicted molar refractivity (Wildman–Crippen MR) is 80.7 cm³/mol. The van der Waals surface area contributed by atoms with Gasteiger partial charge in [0.15, 0.2) is 0 Å². The summed E-state index contributed by atoms with van der Waals surface area (Å²) < 4.78 is 26.9. The minimum atomic E-state index is -3.65. The largest absolute Gasteiger partial charge is 0.314 e. The third kappa shape index (κ3) is 4.40. The molecular weight excluding hydrogens is 312 g/mol. The number of nitrogens with zero attached hydrogens (tertiary/aromatic N) is 2. The molecule has 0 spiro atoms. The number of nitrogens with one attached hydrogen (secondary N) is 2. The molecule has 0 aliphatic carbocycles. The fourth-order valence-electron chi connectivity index (χ4n) is 2.14. The van der Waals surface area contributed by atoms with E-state index in [9.17, 15) is 8.42 Å². The normalized spacial score (nSPS) is 16.6. The van der Waals surface area contributed by atoms with Crippen LogP contribution in [0.1, 0.15) is 5.56 Å². The summed E-state index contributed by atoms with van der Waals surface area (Å²) in [5.41, 5.74) is 0.333. The van der Waals surface area contributed by atoms with Crippen LogP contribution in [0.25, 0.3) is 0 Å². The molecule has 1 aliphatic heterocycles. The molecular formula is C13H17ClN4O2S. The minimum Gasteiger partial charge on any atom is -0.314 e. The highest BCUT2D eigenvalue weighted by Crippen LogP contribution is 2.22. The highest BCUT2D eigenvalue weighted by molar-refractivity contribution is 7.89. The van der Waals surface area contributed by atoms with Crippen molar-refractivity contribution in [2.45, 2.75) is 4.90 Å². The Balaban J connectivity index is 1.96. The van der Waals surface area contributed by atoms with Gasteiger partial charge >= 0.3 is 0 Å². The van der Waals surface area contributed by atoms with E-state index < -0.39 is 10.0 Å². The zero-order valence-electron chi connectivity index (χ0n) is 11.5. The standard InChI is InChI=1S/C13H17ClN4O2S/c14-12-9-11(10-15)1-2-13(12)21(19,20)17-5-8-18-6-3-16-4-7-18/h1-2,9,16-17H,3-8H2. The van der Waals surface area contributed by atoms with Crippen molar-refractivity contribution in [1.29, 1.82) is 5.26 Å². The lowest BCUT2D eigenvalue weighted by molar-refractivity contribution is 0.245. The highest BCUT2D eigenvalue weighted by Gasteiger charge is 2.18. The lowest BCUT2D eigenvalue weighted by atomic mass is 10.2.